The molecule has 4 rings (SSSR count). The molecule has 0 unspecified atom stereocenters. The number of benzene rings is 2. The highest BCUT2D eigenvalue weighted by Crippen LogP contribution is 2.28. The number of anilines is 1. The SMILES string of the molecule is C[C@H](C(=O)N(C)c1cnn(-c2nc3ccccc3s2)c1)c1ccccc1Cl. The maximum atomic E-state index is 12.9. The number of amides is 1. The highest BCUT2D eigenvalue weighted by atomic mass is 35.5. The molecule has 1 atom stereocenters. The number of carbonyl (C=O) groups excluding carboxylic acids is 1. The van der Waals surface area contributed by atoms with Crippen molar-refractivity contribution in [1.29, 1.82) is 0 Å². The lowest BCUT2D eigenvalue weighted by Gasteiger charge is -2.20. The molecule has 0 bridgehead atoms. The fourth-order valence-corrected chi connectivity index (χ4v) is 4.12. The predicted octanol–water partition coefficient (Wildman–Crippen LogP) is 4.90. The molecule has 0 aliphatic rings. The zero-order valence-electron chi connectivity index (χ0n) is 14.8. The molecule has 5 nitrogen and oxygen atoms in total. The van der Waals surface area contributed by atoms with Gasteiger partial charge in [0.1, 0.15) is 0 Å². The minimum absolute atomic E-state index is 0.0491. The van der Waals surface area contributed by atoms with Gasteiger partial charge in [-0.3, -0.25) is 4.79 Å². The van der Waals surface area contributed by atoms with E-state index in [-0.39, 0.29) is 11.8 Å². The number of thiazole rings is 1. The van der Waals surface area contributed by atoms with Crippen LogP contribution in [0.25, 0.3) is 15.3 Å². The van der Waals surface area contributed by atoms with Crippen molar-refractivity contribution >= 4 is 44.7 Å². The van der Waals surface area contributed by atoms with Gasteiger partial charge < -0.3 is 4.90 Å². The van der Waals surface area contributed by atoms with Crippen LogP contribution in [0.5, 0.6) is 0 Å². The largest absolute Gasteiger partial charge is 0.312 e. The van der Waals surface area contributed by atoms with Crippen molar-refractivity contribution in [2.24, 2.45) is 0 Å². The number of halogens is 1. The molecule has 27 heavy (non-hydrogen) atoms. The van der Waals surface area contributed by atoms with E-state index in [1.807, 2.05) is 55.6 Å². The molecule has 2 heterocycles. The number of aromatic nitrogens is 3. The van der Waals surface area contributed by atoms with Crippen LogP contribution in [0, 0.1) is 0 Å². The molecule has 0 radical (unpaired) electrons. The quantitative estimate of drug-likeness (QED) is 0.493. The van der Waals surface area contributed by atoms with E-state index < -0.39 is 0 Å². The predicted molar refractivity (Wildman–Crippen MR) is 110 cm³/mol. The first-order valence-electron chi connectivity index (χ1n) is 8.47. The van der Waals surface area contributed by atoms with Gasteiger partial charge in [0, 0.05) is 12.1 Å². The van der Waals surface area contributed by atoms with Crippen LogP contribution in [-0.4, -0.2) is 27.7 Å². The molecular weight excluding hydrogens is 380 g/mol. The Morgan fingerprint density at radius 2 is 1.93 bits per heavy atom. The van der Waals surface area contributed by atoms with E-state index in [2.05, 4.69) is 10.1 Å². The summed E-state index contributed by atoms with van der Waals surface area (Å²) in [5.41, 5.74) is 2.46. The summed E-state index contributed by atoms with van der Waals surface area (Å²) in [5.74, 6) is -0.401. The monoisotopic (exact) mass is 396 g/mol. The van der Waals surface area contributed by atoms with E-state index in [0.717, 1.165) is 20.9 Å². The zero-order valence-corrected chi connectivity index (χ0v) is 16.4. The molecule has 0 aliphatic carbocycles. The van der Waals surface area contributed by atoms with Gasteiger partial charge >= 0.3 is 0 Å². The van der Waals surface area contributed by atoms with Gasteiger partial charge in [-0.1, -0.05) is 53.3 Å². The van der Waals surface area contributed by atoms with Crippen LogP contribution in [0.3, 0.4) is 0 Å². The molecule has 4 aromatic rings. The molecule has 0 N–H and O–H groups in total. The molecule has 2 aromatic heterocycles. The molecular formula is C20H17ClN4OS. The van der Waals surface area contributed by atoms with Crippen molar-refractivity contribution in [2.45, 2.75) is 12.8 Å². The number of para-hydroxylation sites is 1. The Morgan fingerprint density at radius 3 is 2.70 bits per heavy atom. The van der Waals surface area contributed by atoms with Gasteiger partial charge in [0.05, 0.1) is 34.2 Å². The van der Waals surface area contributed by atoms with E-state index >= 15 is 0 Å². The van der Waals surface area contributed by atoms with Crippen LogP contribution in [0.1, 0.15) is 18.4 Å². The van der Waals surface area contributed by atoms with E-state index in [9.17, 15) is 4.79 Å². The van der Waals surface area contributed by atoms with Crippen molar-refractivity contribution in [3.8, 4) is 5.13 Å². The summed E-state index contributed by atoms with van der Waals surface area (Å²) in [7, 11) is 1.75. The third kappa shape index (κ3) is 3.34. The van der Waals surface area contributed by atoms with E-state index in [4.69, 9.17) is 11.6 Å². The van der Waals surface area contributed by atoms with Crippen molar-refractivity contribution in [3.05, 3.63) is 71.5 Å². The van der Waals surface area contributed by atoms with Gasteiger partial charge in [0.15, 0.2) is 0 Å². The Labute approximate surface area is 165 Å². The highest BCUT2D eigenvalue weighted by Gasteiger charge is 2.23. The normalized spacial score (nSPS) is 12.3. The maximum Gasteiger partial charge on any atom is 0.234 e. The fourth-order valence-electron chi connectivity index (χ4n) is 2.93. The van der Waals surface area contributed by atoms with E-state index in [0.29, 0.717) is 10.7 Å². The Kier molecular flexibility index (Phi) is 4.68. The molecule has 0 fully saturated rings. The lowest BCUT2D eigenvalue weighted by molar-refractivity contribution is -0.119. The second-order valence-electron chi connectivity index (χ2n) is 6.25. The zero-order chi connectivity index (χ0) is 19.0. The summed E-state index contributed by atoms with van der Waals surface area (Å²) >= 11 is 7.80. The van der Waals surface area contributed by atoms with Crippen molar-refractivity contribution in [3.63, 3.8) is 0 Å². The first-order chi connectivity index (χ1) is 13.0. The summed E-state index contributed by atoms with van der Waals surface area (Å²) in [6.07, 6.45) is 3.48. The number of fused-ring (bicyclic) bond motifs is 1. The third-order valence-electron chi connectivity index (χ3n) is 4.51. The lowest BCUT2D eigenvalue weighted by Crippen LogP contribution is -2.30. The van der Waals surface area contributed by atoms with Crippen LogP contribution in [0.15, 0.2) is 60.9 Å². The molecule has 2 aromatic carbocycles. The molecule has 0 saturated heterocycles. The summed E-state index contributed by atoms with van der Waals surface area (Å²) in [6.45, 7) is 1.86. The smallest absolute Gasteiger partial charge is 0.234 e. The Balaban J connectivity index is 1.58. The molecule has 0 spiro atoms. The number of carbonyl (C=O) groups is 1. The minimum atomic E-state index is -0.352. The summed E-state index contributed by atoms with van der Waals surface area (Å²) in [5, 5.41) is 5.74. The summed E-state index contributed by atoms with van der Waals surface area (Å²) in [4.78, 5) is 19.1. The van der Waals surface area contributed by atoms with E-state index in [1.54, 1.807) is 40.2 Å². The molecule has 1 amide bonds. The van der Waals surface area contributed by atoms with Crippen LogP contribution in [0.2, 0.25) is 5.02 Å². The number of nitrogens with zero attached hydrogens (tertiary/aromatic N) is 4. The fraction of sp³-hybridized carbons (Fsp3) is 0.150. The number of hydrogen-bond acceptors (Lipinski definition) is 4. The van der Waals surface area contributed by atoms with Crippen LogP contribution < -0.4 is 4.90 Å². The average Bonchev–Trinajstić information content (AvgIpc) is 3.33. The standard InChI is InChI=1S/C20H17ClN4OS/c1-13(15-7-3-4-8-16(15)21)19(26)24(2)14-11-22-25(12-14)20-23-17-9-5-6-10-18(17)27-20/h3-13H,1-2H3/t13-/m0/s1. The number of hydrogen-bond donors (Lipinski definition) is 0. The van der Waals surface area contributed by atoms with Gasteiger partial charge in [-0.2, -0.15) is 5.10 Å². The van der Waals surface area contributed by atoms with Crippen molar-refractivity contribution in [2.75, 3.05) is 11.9 Å². The second-order valence-corrected chi connectivity index (χ2v) is 7.66. The average molecular weight is 397 g/mol. The second kappa shape index (κ2) is 7.13. The van der Waals surface area contributed by atoms with Gasteiger partial charge in [-0.05, 0) is 30.7 Å². The maximum absolute atomic E-state index is 12.9. The summed E-state index contributed by atoms with van der Waals surface area (Å²) in [6, 6.07) is 15.4. The van der Waals surface area contributed by atoms with Crippen LogP contribution >= 0.6 is 22.9 Å². The van der Waals surface area contributed by atoms with Gasteiger partial charge in [-0.25, -0.2) is 9.67 Å². The van der Waals surface area contributed by atoms with E-state index in [1.165, 1.54) is 0 Å². The van der Waals surface area contributed by atoms with Crippen molar-refractivity contribution < 1.29 is 4.79 Å². The first kappa shape index (κ1) is 17.7. The molecule has 7 heteroatoms. The minimum Gasteiger partial charge on any atom is -0.312 e. The van der Waals surface area contributed by atoms with Crippen LogP contribution in [0.4, 0.5) is 5.69 Å². The first-order valence-corrected chi connectivity index (χ1v) is 9.66. The Morgan fingerprint density at radius 1 is 1.19 bits per heavy atom. The third-order valence-corrected chi connectivity index (χ3v) is 5.88. The number of rotatable bonds is 4. The molecule has 0 saturated carbocycles. The molecule has 0 aliphatic heterocycles. The summed E-state index contributed by atoms with van der Waals surface area (Å²) < 4.78 is 2.80. The van der Waals surface area contributed by atoms with Crippen LogP contribution in [-0.2, 0) is 4.79 Å². The van der Waals surface area contributed by atoms with Gasteiger partial charge in [0.2, 0.25) is 11.0 Å². The van der Waals surface area contributed by atoms with Crippen molar-refractivity contribution in [1.82, 2.24) is 14.8 Å². The Bertz CT molecular complexity index is 1090. The topological polar surface area (TPSA) is 51.0 Å². The Hall–Kier alpha value is -2.70. The number of likely N-dealkylation sites (N-methyl/N-ethyl adjacent to an activating group) is 1. The lowest BCUT2D eigenvalue weighted by atomic mass is 10.00. The highest BCUT2D eigenvalue weighted by molar-refractivity contribution is 7.20. The molecule has 136 valence electrons. The van der Waals surface area contributed by atoms with Gasteiger partial charge in [0.25, 0.3) is 0 Å². The van der Waals surface area contributed by atoms with Gasteiger partial charge in [-0.15, -0.1) is 0 Å².